The van der Waals surface area contributed by atoms with E-state index in [-0.39, 0.29) is 23.6 Å². The van der Waals surface area contributed by atoms with Crippen LogP contribution < -0.4 is 31.4 Å². The molecule has 2 saturated carbocycles. The number of aliphatic hydroxyl groups excluding tert-OH is 1. The molecular formula is C44H46Br2N4O4. The summed E-state index contributed by atoms with van der Waals surface area (Å²) in [7, 11) is 0. The van der Waals surface area contributed by atoms with Gasteiger partial charge >= 0.3 is 0 Å². The molecule has 2 N–H and O–H groups in total. The normalized spacial score (nSPS) is 17.7. The van der Waals surface area contributed by atoms with E-state index in [1.54, 1.807) is 18.6 Å². The van der Waals surface area contributed by atoms with E-state index in [1.807, 2.05) is 110 Å². The lowest BCUT2D eigenvalue weighted by atomic mass is 10.1. The number of hydrogen-bond donors (Lipinski definition) is 1. The number of halogens is 2. The number of aromatic amines is 1. The Morgan fingerprint density at radius 3 is 1.74 bits per heavy atom. The van der Waals surface area contributed by atoms with Crippen molar-refractivity contribution in [2.75, 3.05) is 13.2 Å². The number of ether oxygens (including phenoxy) is 3. The van der Waals surface area contributed by atoms with Crippen molar-refractivity contribution in [1.29, 1.82) is 0 Å². The van der Waals surface area contributed by atoms with Gasteiger partial charge in [0.1, 0.15) is 24.7 Å². The summed E-state index contributed by atoms with van der Waals surface area (Å²) >= 11 is 3.33. The number of nitrogens with zero attached hydrogens (tertiary/aromatic N) is 3. The molecule has 4 aromatic heterocycles. The van der Waals surface area contributed by atoms with Crippen LogP contribution in [-0.2, 0) is 29.9 Å². The molecule has 0 bridgehead atoms. The van der Waals surface area contributed by atoms with Crippen LogP contribution in [0.1, 0.15) is 58.3 Å². The Balaban J connectivity index is 0.000000175. The molecule has 4 heterocycles. The fourth-order valence-electron chi connectivity index (χ4n) is 5.93. The first-order valence-electron chi connectivity index (χ1n) is 18.0. The van der Waals surface area contributed by atoms with E-state index in [0.29, 0.717) is 43.5 Å². The van der Waals surface area contributed by atoms with Gasteiger partial charge in [-0.25, -0.2) is 4.98 Å². The summed E-state index contributed by atoms with van der Waals surface area (Å²) in [6.07, 6.45) is 13.2. The van der Waals surface area contributed by atoms with Crippen molar-refractivity contribution in [1.82, 2.24) is 15.0 Å². The van der Waals surface area contributed by atoms with Gasteiger partial charge in [-0.05, 0) is 83.0 Å². The van der Waals surface area contributed by atoms with Gasteiger partial charge in [0.25, 0.3) is 0 Å². The van der Waals surface area contributed by atoms with Crippen LogP contribution in [0.3, 0.4) is 0 Å². The third kappa shape index (κ3) is 13.4. The van der Waals surface area contributed by atoms with Crippen molar-refractivity contribution >= 4 is 15.9 Å². The highest BCUT2D eigenvalue weighted by Gasteiger charge is 2.39. The topological polar surface area (TPSA) is 101 Å². The summed E-state index contributed by atoms with van der Waals surface area (Å²) in [5, 5.41) is 10.0. The van der Waals surface area contributed by atoms with Crippen LogP contribution in [-0.4, -0.2) is 33.3 Å². The zero-order valence-corrected chi connectivity index (χ0v) is 33.3. The molecule has 8 nitrogen and oxygen atoms in total. The summed E-state index contributed by atoms with van der Waals surface area (Å²) in [5.74, 6) is 3.57. The van der Waals surface area contributed by atoms with Gasteiger partial charge in [-0.15, -0.1) is 0 Å². The molecule has 0 unspecified atom stereocenters. The van der Waals surface area contributed by atoms with Crippen LogP contribution in [0.2, 0.25) is 0 Å². The molecule has 2 aromatic carbocycles. The second-order valence-electron chi connectivity index (χ2n) is 13.2. The van der Waals surface area contributed by atoms with Crippen LogP contribution in [0.5, 0.6) is 11.5 Å². The van der Waals surface area contributed by atoms with Crippen LogP contribution in [0.25, 0.3) is 0 Å². The Morgan fingerprint density at radius 1 is 0.667 bits per heavy atom. The predicted octanol–water partition coefficient (Wildman–Crippen LogP) is 5.53. The first-order valence-corrected chi connectivity index (χ1v) is 19.1. The Morgan fingerprint density at radius 2 is 1.24 bits per heavy atom. The Hall–Kier alpha value is -4.48. The van der Waals surface area contributed by atoms with Crippen molar-refractivity contribution in [3.8, 4) is 11.5 Å². The summed E-state index contributed by atoms with van der Waals surface area (Å²) in [6, 6.07) is 36.3. The van der Waals surface area contributed by atoms with E-state index in [4.69, 9.17) is 19.3 Å². The molecule has 54 heavy (non-hydrogen) atoms. The third-order valence-electron chi connectivity index (χ3n) is 9.13. The van der Waals surface area contributed by atoms with Gasteiger partial charge < -0.3 is 36.3 Å². The highest BCUT2D eigenvalue weighted by atomic mass is 79.9. The highest BCUT2D eigenvalue weighted by molar-refractivity contribution is 9.08. The van der Waals surface area contributed by atoms with Crippen molar-refractivity contribution in [2.24, 2.45) is 11.8 Å². The number of pyridine rings is 4. The molecule has 0 spiro atoms. The first-order chi connectivity index (χ1) is 26.2. The van der Waals surface area contributed by atoms with Gasteiger partial charge in [-0.1, -0.05) is 88.7 Å². The van der Waals surface area contributed by atoms with Crippen LogP contribution in [0.15, 0.2) is 146 Å². The molecule has 8 rings (SSSR count). The minimum absolute atomic E-state index is 0. The van der Waals surface area contributed by atoms with Gasteiger partial charge in [0.15, 0.2) is 11.9 Å². The molecule has 0 radical (unpaired) electrons. The minimum atomic E-state index is 0. The maximum atomic E-state index is 9.11. The van der Waals surface area contributed by atoms with Gasteiger partial charge in [0.05, 0.1) is 36.6 Å². The van der Waals surface area contributed by atoms with Gasteiger partial charge in [-0.2, -0.15) is 0 Å². The summed E-state index contributed by atoms with van der Waals surface area (Å²) < 4.78 is 17.5. The molecule has 4 atom stereocenters. The zero-order valence-electron chi connectivity index (χ0n) is 30.1. The van der Waals surface area contributed by atoms with Crippen LogP contribution >= 0.6 is 15.9 Å². The smallest absolute Gasteiger partial charge is 0.190 e. The Kier molecular flexibility index (Phi) is 16.6. The standard InChI is InChI=1S/C22H22N2O2.C16H17NO2.C6H6BrN.BrH/c1-2-6-17(7-3-1)14-26-21-10-18(12-23-13-21)22-11-19(22)15-25-16-20-8-4-5-9-24-20;18-10-14-7-16(14)13-6-15(9-17-8-13)19-11-12-4-2-1-3-5-12;7-5-6-3-1-2-4-8-6;/h1-10,12-13,19,22H,11,14-16H2;1-6,8-9,14,16,18H,7,10-11H2;1-4H,5H2;1H/t19-,22-;14-,16-;;/m11../s1. The molecular weight excluding hydrogens is 808 g/mol. The fourth-order valence-corrected chi connectivity index (χ4v) is 6.27. The maximum Gasteiger partial charge on any atom is 0.190 e. The summed E-state index contributed by atoms with van der Waals surface area (Å²) in [5.41, 5.74) is 6.89. The number of aromatic nitrogens is 4. The molecule has 2 aliphatic carbocycles. The lowest BCUT2D eigenvalue weighted by molar-refractivity contribution is -0.388. The molecule has 0 saturated heterocycles. The molecule has 280 valence electrons. The Labute approximate surface area is 336 Å². The molecule has 6 aromatic rings. The zero-order chi connectivity index (χ0) is 36.5. The quantitative estimate of drug-likeness (QED) is 0.144. The number of hydrogen-bond acceptors (Lipinski definition) is 7. The predicted molar refractivity (Wildman–Crippen MR) is 208 cm³/mol. The van der Waals surface area contributed by atoms with Crippen molar-refractivity contribution < 1.29 is 41.3 Å². The van der Waals surface area contributed by atoms with E-state index in [1.165, 1.54) is 16.8 Å². The number of nitrogens with one attached hydrogen (secondary N) is 1. The molecule has 10 heteroatoms. The first kappa shape index (κ1) is 40.7. The molecule has 0 aliphatic heterocycles. The average molecular weight is 855 g/mol. The maximum absolute atomic E-state index is 9.11. The highest BCUT2D eigenvalue weighted by Crippen LogP contribution is 2.48. The van der Waals surface area contributed by atoms with Gasteiger partial charge in [0, 0.05) is 37.3 Å². The lowest BCUT2D eigenvalue weighted by Crippen LogP contribution is -3.00. The molecule has 2 aliphatic rings. The van der Waals surface area contributed by atoms with Crippen LogP contribution in [0.4, 0.5) is 0 Å². The lowest BCUT2D eigenvalue weighted by Gasteiger charge is -2.08. The van der Waals surface area contributed by atoms with Crippen molar-refractivity contribution in [2.45, 2.75) is 49.8 Å². The minimum Gasteiger partial charge on any atom is -1.00 e. The number of benzene rings is 2. The van der Waals surface area contributed by atoms with E-state index >= 15 is 0 Å². The fraction of sp³-hybridized carbons (Fsp3) is 0.273. The second-order valence-corrected chi connectivity index (χ2v) is 13.8. The average Bonchev–Trinajstić information content (AvgIpc) is 4.18. The SMILES string of the molecule is BrCc1cccc[nH+]1.OC[C@H]1C[C@@H]1c1cncc(OCc2ccccc2)c1.[Br-].c1ccc(COc2cncc([C@H]3C[C@@H]3COCc3ccccn3)c2)cc1. The summed E-state index contributed by atoms with van der Waals surface area (Å²) in [6.45, 7) is 2.71. The number of alkyl halides is 1. The largest absolute Gasteiger partial charge is 1.00 e. The van der Waals surface area contributed by atoms with E-state index in [9.17, 15) is 0 Å². The van der Waals surface area contributed by atoms with E-state index < -0.39 is 0 Å². The summed E-state index contributed by atoms with van der Waals surface area (Å²) in [4.78, 5) is 15.9. The van der Waals surface area contributed by atoms with Gasteiger partial charge in [-0.3, -0.25) is 15.0 Å². The van der Waals surface area contributed by atoms with Gasteiger partial charge in [0.2, 0.25) is 0 Å². The number of H-pyrrole nitrogens is 1. The third-order valence-corrected chi connectivity index (χ3v) is 9.73. The van der Waals surface area contributed by atoms with Crippen LogP contribution in [0, 0.1) is 11.8 Å². The van der Waals surface area contributed by atoms with E-state index in [2.05, 4.69) is 54.1 Å². The van der Waals surface area contributed by atoms with Crippen molar-refractivity contribution in [3.05, 3.63) is 180 Å². The molecule has 2 fully saturated rings. The monoisotopic (exact) mass is 852 g/mol. The Bertz CT molecular complexity index is 1930. The van der Waals surface area contributed by atoms with E-state index in [0.717, 1.165) is 53.1 Å². The van der Waals surface area contributed by atoms with Crippen molar-refractivity contribution in [3.63, 3.8) is 0 Å². The second kappa shape index (κ2) is 22.0. The number of rotatable bonds is 14. The molecule has 0 amide bonds. The number of aliphatic hydroxyl groups is 1.